The normalized spacial score (nSPS) is 7.90. The molecule has 3 nitrogen and oxygen atoms in total. The first-order chi connectivity index (χ1) is 4.41. The van der Waals surface area contributed by atoms with Gasteiger partial charge in [0.15, 0.2) is 0 Å². The largest absolute Gasteiger partial charge is 0.400 e. The van der Waals surface area contributed by atoms with Gasteiger partial charge in [-0.15, -0.1) is 0 Å². The van der Waals surface area contributed by atoms with Gasteiger partial charge in [-0.1, -0.05) is 0 Å². The van der Waals surface area contributed by atoms with Crippen molar-refractivity contribution in [3.63, 3.8) is 0 Å². The van der Waals surface area contributed by atoms with E-state index in [1.165, 1.54) is 6.92 Å². The molecule has 0 unspecified atom stereocenters. The van der Waals surface area contributed by atoms with Crippen molar-refractivity contribution in [3.05, 3.63) is 0 Å². The lowest BCUT2D eigenvalue weighted by molar-refractivity contribution is -0.106. The molecule has 2 N–H and O–H groups in total. The summed E-state index contributed by atoms with van der Waals surface area (Å²) in [5.74, 6) is 0. The molecule has 0 spiro atoms. The summed E-state index contributed by atoms with van der Waals surface area (Å²) in [4.78, 5) is 8.81. The monoisotopic (exact) mass is 150 g/mol. The first-order valence-electron chi connectivity index (χ1n) is 2.98. The Labute approximate surface area is 62.7 Å². The molecular weight excluding hydrogens is 132 g/mol. The van der Waals surface area contributed by atoms with Crippen LogP contribution in [0.5, 0.6) is 0 Å². The zero-order valence-electron chi connectivity index (χ0n) is 7.38. The summed E-state index contributed by atoms with van der Waals surface area (Å²) in [5.41, 5.74) is -0.500. The van der Waals surface area contributed by atoms with Crippen LogP contribution in [0, 0.1) is 0 Å². The summed E-state index contributed by atoms with van der Waals surface area (Å²) in [6, 6.07) is 0. The standard InChI is InChI=1S/C4H10O.C2H4O.CH4O/c1-4(2,3)5;1-2-3;1-2/h5H,1-3H3;2H,1H3;2H,1H3. The van der Waals surface area contributed by atoms with Crippen molar-refractivity contribution in [2.45, 2.75) is 33.3 Å². The van der Waals surface area contributed by atoms with E-state index in [2.05, 4.69) is 0 Å². The Kier molecular flexibility index (Phi) is 18.6. The van der Waals surface area contributed by atoms with Crippen LogP contribution in [0.3, 0.4) is 0 Å². The molecule has 0 atom stereocenters. The summed E-state index contributed by atoms with van der Waals surface area (Å²) < 4.78 is 0. The van der Waals surface area contributed by atoms with Gasteiger partial charge in [0.25, 0.3) is 0 Å². The number of hydrogen-bond donors (Lipinski definition) is 2. The number of aldehydes is 1. The maximum Gasteiger partial charge on any atom is 0.116 e. The van der Waals surface area contributed by atoms with Gasteiger partial charge in [-0.3, -0.25) is 0 Å². The van der Waals surface area contributed by atoms with Gasteiger partial charge < -0.3 is 15.0 Å². The van der Waals surface area contributed by atoms with E-state index in [0.29, 0.717) is 0 Å². The molecule has 0 aliphatic rings. The minimum absolute atomic E-state index is 0.500. The van der Waals surface area contributed by atoms with E-state index in [9.17, 15) is 0 Å². The first-order valence-corrected chi connectivity index (χ1v) is 2.98. The Bertz CT molecular complexity index is 48.4. The molecule has 0 amide bonds. The smallest absolute Gasteiger partial charge is 0.116 e. The summed E-state index contributed by atoms with van der Waals surface area (Å²) in [7, 11) is 1.00. The Balaban J connectivity index is -0.0000000847. The molecule has 0 fully saturated rings. The third-order valence-corrected chi connectivity index (χ3v) is 0. The maximum atomic E-state index is 8.81. The van der Waals surface area contributed by atoms with E-state index in [1.54, 1.807) is 20.8 Å². The lowest BCUT2D eigenvalue weighted by Crippen LogP contribution is -2.10. The van der Waals surface area contributed by atoms with Gasteiger partial charge in [0.1, 0.15) is 6.29 Å². The van der Waals surface area contributed by atoms with Crippen LogP contribution in [0.15, 0.2) is 0 Å². The Morgan fingerprint density at radius 1 is 1.20 bits per heavy atom. The van der Waals surface area contributed by atoms with Crippen molar-refractivity contribution in [1.29, 1.82) is 0 Å². The van der Waals surface area contributed by atoms with Crippen LogP contribution in [0.4, 0.5) is 0 Å². The highest BCUT2D eigenvalue weighted by Crippen LogP contribution is 1.93. The van der Waals surface area contributed by atoms with Gasteiger partial charge in [-0.2, -0.15) is 0 Å². The van der Waals surface area contributed by atoms with Crippen LogP contribution in [0.25, 0.3) is 0 Å². The van der Waals surface area contributed by atoms with Gasteiger partial charge in [0, 0.05) is 7.11 Å². The lowest BCUT2D eigenvalue weighted by atomic mass is 10.2. The van der Waals surface area contributed by atoms with Crippen molar-refractivity contribution in [2.75, 3.05) is 7.11 Å². The maximum absolute atomic E-state index is 8.81. The number of aliphatic hydroxyl groups excluding tert-OH is 1. The molecule has 0 aliphatic carbocycles. The minimum Gasteiger partial charge on any atom is -0.400 e. The van der Waals surface area contributed by atoms with Gasteiger partial charge in [0.05, 0.1) is 5.60 Å². The fraction of sp³-hybridized carbons (Fsp3) is 0.857. The minimum atomic E-state index is -0.500. The number of hydrogen-bond acceptors (Lipinski definition) is 3. The zero-order valence-corrected chi connectivity index (χ0v) is 7.38. The molecule has 3 heteroatoms. The molecule has 0 saturated heterocycles. The summed E-state index contributed by atoms with van der Waals surface area (Å²) in [5, 5.41) is 15.5. The van der Waals surface area contributed by atoms with Crippen molar-refractivity contribution in [2.24, 2.45) is 0 Å². The van der Waals surface area contributed by atoms with Gasteiger partial charge in [-0.25, -0.2) is 0 Å². The van der Waals surface area contributed by atoms with E-state index < -0.39 is 5.60 Å². The van der Waals surface area contributed by atoms with E-state index in [4.69, 9.17) is 15.0 Å². The molecule has 0 aliphatic heterocycles. The van der Waals surface area contributed by atoms with Crippen LogP contribution in [0.2, 0.25) is 0 Å². The molecule has 0 bridgehead atoms. The summed E-state index contributed by atoms with van der Waals surface area (Å²) in [6.07, 6.45) is 0.750. The number of carbonyl (C=O) groups excluding carboxylic acids is 1. The third-order valence-electron chi connectivity index (χ3n) is 0. The highest BCUT2D eigenvalue weighted by molar-refractivity contribution is 5.44. The van der Waals surface area contributed by atoms with Crippen molar-refractivity contribution < 1.29 is 15.0 Å². The quantitative estimate of drug-likeness (QED) is 0.497. The summed E-state index contributed by atoms with van der Waals surface area (Å²) in [6.45, 7) is 6.67. The number of carbonyl (C=O) groups is 1. The second-order valence-electron chi connectivity index (χ2n) is 2.41. The molecule has 0 aromatic carbocycles. The van der Waals surface area contributed by atoms with Gasteiger partial charge in [0.2, 0.25) is 0 Å². The molecule has 64 valence electrons. The van der Waals surface area contributed by atoms with Crippen molar-refractivity contribution in [1.82, 2.24) is 0 Å². The van der Waals surface area contributed by atoms with E-state index in [0.717, 1.165) is 13.4 Å². The third kappa shape index (κ3) is 1960. The first kappa shape index (κ1) is 16.3. The predicted molar refractivity (Wildman–Crippen MR) is 41.9 cm³/mol. The number of aliphatic hydroxyl groups is 2. The van der Waals surface area contributed by atoms with Crippen LogP contribution in [-0.4, -0.2) is 29.2 Å². The Hall–Kier alpha value is -0.410. The molecule has 0 aromatic rings. The highest BCUT2D eigenvalue weighted by atomic mass is 16.3. The van der Waals surface area contributed by atoms with E-state index in [-0.39, 0.29) is 0 Å². The second kappa shape index (κ2) is 11.4. The topological polar surface area (TPSA) is 57.5 Å². The average molecular weight is 150 g/mol. The van der Waals surface area contributed by atoms with E-state index >= 15 is 0 Å². The van der Waals surface area contributed by atoms with Crippen molar-refractivity contribution in [3.8, 4) is 0 Å². The van der Waals surface area contributed by atoms with Crippen LogP contribution in [0.1, 0.15) is 27.7 Å². The van der Waals surface area contributed by atoms with E-state index in [1.807, 2.05) is 0 Å². The average Bonchev–Trinajstić information content (AvgIpc) is 1.68. The molecule has 0 heterocycles. The molecule has 0 aromatic heterocycles. The fourth-order valence-corrected chi connectivity index (χ4v) is 0. The summed E-state index contributed by atoms with van der Waals surface area (Å²) >= 11 is 0. The Morgan fingerprint density at radius 3 is 1.20 bits per heavy atom. The van der Waals surface area contributed by atoms with Crippen LogP contribution >= 0.6 is 0 Å². The van der Waals surface area contributed by atoms with Crippen LogP contribution < -0.4 is 0 Å². The molecule has 0 radical (unpaired) electrons. The molecule has 0 rings (SSSR count). The second-order valence-corrected chi connectivity index (χ2v) is 2.41. The highest BCUT2D eigenvalue weighted by Gasteiger charge is 1.97. The zero-order chi connectivity index (χ0) is 9.21. The van der Waals surface area contributed by atoms with Crippen LogP contribution in [-0.2, 0) is 4.79 Å². The van der Waals surface area contributed by atoms with Gasteiger partial charge in [-0.05, 0) is 27.7 Å². The fourth-order valence-electron chi connectivity index (χ4n) is 0. The molecular formula is C7H18O3. The predicted octanol–water partition coefficient (Wildman–Crippen LogP) is 0.591. The molecule has 0 saturated carbocycles. The van der Waals surface area contributed by atoms with Gasteiger partial charge >= 0.3 is 0 Å². The lowest BCUT2D eigenvalue weighted by Gasteiger charge is -2.04. The van der Waals surface area contributed by atoms with Crippen molar-refractivity contribution >= 4 is 6.29 Å². The SMILES string of the molecule is CC(C)(C)O.CC=O.CO. The molecule has 10 heavy (non-hydrogen) atoms. The number of rotatable bonds is 0. The Morgan fingerprint density at radius 2 is 1.20 bits per heavy atom.